The Labute approximate surface area is 177 Å². The van der Waals surface area contributed by atoms with Crippen molar-refractivity contribution >= 4 is 21.5 Å². The van der Waals surface area contributed by atoms with Crippen LogP contribution in [0.5, 0.6) is 0 Å². The van der Waals surface area contributed by atoms with Crippen molar-refractivity contribution < 1.29 is 10.2 Å². The summed E-state index contributed by atoms with van der Waals surface area (Å²) in [6.45, 7) is 4.21. The minimum Gasteiger partial charge on any atom is -0.380 e. The summed E-state index contributed by atoms with van der Waals surface area (Å²) in [5, 5.41) is 28.9. The highest BCUT2D eigenvalue weighted by Crippen LogP contribution is 2.54. The predicted octanol–water partition coefficient (Wildman–Crippen LogP) is 6.38. The molecule has 0 aromatic heterocycles. The van der Waals surface area contributed by atoms with Crippen molar-refractivity contribution in [2.45, 2.75) is 50.7 Å². The molecule has 0 bridgehead atoms. The Balaban J connectivity index is 1.99. The second kappa shape index (κ2) is 6.94. The predicted molar refractivity (Wildman–Crippen MR) is 124 cm³/mol. The van der Waals surface area contributed by atoms with Gasteiger partial charge in [-0.3, -0.25) is 0 Å². The molecule has 152 valence electrons. The lowest BCUT2D eigenvalue weighted by atomic mass is 9.63. The molecule has 2 heteroatoms. The summed E-state index contributed by atoms with van der Waals surface area (Å²) >= 11 is 0. The van der Waals surface area contributed by atoms with E-state index >= 15 is 0 Å². The Morgan fingerprint density at radius 1 is 0.567 bits per heavy atom. The molecule has 0 aliphatic heterocycles. The van der Waals surface area contributed by atoms with Gasteiger partial charge in [0.1, 0.15) is 11.2 Å². The number of aliphatic hydroxyl groups is 2. The highest BCUT2D eigenvalue weighted by atomic mass is 16.3. The van der Waals surface area contributed by atoms with Crippen LogP contribution in [-0.4, -0.2) is 10.2 Å². The first-order chi connectivity index (χ1) is 14.5. The average Bonchev–Trinajstić information content (AvgIpc) is 2.77. The van der Waals surface area contributed by atoms with Gasteiger partial charge in [0.15, 0.2) is 0 Å². The van der Waals surface area contributed by atoms with Crippen molar-refractivity contribution in [1.82, 2.24) is 0 Å². The van der Waals surface area contributed by atoms with Crippen molar-refractivity contribution in [2.24, 2.45) is 0 Å². The summed E-state index contributed by atoms with van der Waals surface area (Å²) in [7, 11) is 0. The summed E-state index contributed by atoms with van der Waals surface area (Å²) in [4.78, 5) is 0. The van der Waals surface area contributed by atoms with Crippen LogP contribution in [-0.2, 0) is 11.2 Å². The Hall–Kier alpha value is -2.68. The van der Waals surface area contributed by atoms with Crippen LogP contribution < -0.4 is 0 Å². The van der Waals surface area contributed by atoms with E-state index in [-0.39, 0.29) is 0 Å². The first-order valence-electron chi connectivity index (χ1n) is 11.0. The third-order valence-corrected chi connectivity index (χ3v) is 6.80. The van der Waals surface area contributed by atoms with Gasteiger partial charge in [-0.15, -0.1) is 0 Å². The second-order valence-electron chi connectivity index (χ2n) is 8.64. The van der Waals surface area contributed by atoms with Gasteiger partial charge in [-0.05, 0) is 45.5 Å². The van der Waals surface area contributed by atoms with Gasteiger partial charge in [0, 0.05) is 11.1 Å². The van der Waals surface area contributed by atoms with Crippen LogP contribution >= 0.6 is 0 Å². The third kappa shape index (κ3) is 2.50. The number of fused-ring (bicyclic) bond motifs is 6. The van der Waals surface area contributed by atoms with Crippen LogP contribution in [0.25, 0.3) is 21.5 Å². The quantitative estimate of drug-likeness (QED) is 0.420. The molecule has 2 N–H and O–H groups in total. The minimum absolute atomic E-state index is 0.613. The normalized spacial score (nSPS) is 22.8. The summed E-state index contributed by atoms with van der Waals surface area (Å²) in [5.74, 6) is 0. The molecule has 2 nitrogen and oxygen atoms in total. The number of hydrogen-bond donors (Lipinski definition) is 2. The Morgan fingerprint density at radius 3 is 1.37 bits per heavy atom. The van der Waals surface area contributed by atoms with Gasteiger partial charge in [0.05, 0.1) is 0 Å². The maximum Gasteiger partial charge on any atom is 0.116 e. The van der Waals surface area contributed by atoms with Crippen LogP contribution in [0.4, 0.5) is 0 Å². The summed E-state index contributed by atoms with van der Waals surface area (Å²) < 4.78 is 0. The van der Waals surface area contributed by atoms with Gasteiger partial charge < -0.3 is 10.2 Å². The molecule has 0 heterocycles. The first-order valence-corrected chi connectivity index (χ1v) is 11.0. The van der Waals surface area contributed by atoms with E-state index in [0.29, 0.717) is 12.8 Å². The van der Waals surface area contributed by atoms with E-state index < -0.39 is 11.2 Å². The van der Waals surface area contributed by atoms with Crippen molar-refractivity contribution in [2.75, 3.05) is 0 Å². The van der Waals surface area contributed by atoms with E-state index in [4.69, 9.17) is 0 Å². The zero-order valence-electron chi connectivity index (χ0n) is 17.7. The molecule has 4 aromatic carbocycles. The molecular weight excluding hydrogens is 368 g/mol. The van der Waals surface area contributed by atoms with Crippen LogP contribution in [0.1, 0.15) is 61.8 Å². The molecule has 4 aromatic rings. The van der Waals surface area contributed by atoms with Crippen molar-refractivity contribution in [3.63, 3.8) is 0 Å². The molecule has 30 heavy (non-hydrogen) atoms. The molecule has 1 aliphatic carbocycles. The fourth-order valence-electron chi connectivity index (χ4n) is 5.64. The Kier molecular flexibility index (Phi) is 4.46. The monoisotopic (exact) mass is 396 g/mol. The van der Waals surface area contributed by atoms with Gasteiger partial charge in [0.2, 0.25) is 0 Å². The fourth-order valence-corrected chi connectivity index (χ4v) is 5.64. The van der Waals surface area contributed by atoms with Crippen molar-refractivity contribution in [3.8, 4) is 0 Å². The number of hydrogen-bond acceptors (Lipinski definition) is 2. The Morgan fingerprint density at radius 2 is 0.967 bits per heavy atom. The molecule has 5 rings (SSSR count). The molecule has 0 fully saturated rings. The summed E-state index contributed by atoms with van der Waals surface area (Å²) in [6.07, 6.45) is 2.92. The van der Waals surface area contributed by atoms with Crippen LogP contribution in [0, 0.1) is 0 Å². The maximum absolute atomic E-state index is 12.3. The zero-order chi connectivity index (χ0) is 20.9. The van der Waals surface area contributed by atoms with Crippen LogP contribution in [0.2, 0.25) is 0 Å². The van der Waals surface area contributed by atoms with Crippen molar-refractivity contribution in [1.29, 1.82) is 0 Å². The third-order valence-electron chi connectivity index (χ3n) is 6.80. The maximum atomic E-state index is 12.3. The van der Waals surface area contributed by atoms with Crippen molar-refractivity contribution in [3.05, 3.63) is 95.1 Å². The molecule has 1 aliphatic rings. The van der Waals surface area contributed by atoms with Gasteiger partial charge in [-0.25, -0.2) is 0 Å². The lowest BCUT2D eigenvalue weighted by Gasteiger charge is -2.46. The topological polar surface area (TPSA) is 40.5 Å². The SMILES string of the molecule is CCCC1(O)c2ccc3ccccc3c2C(O)(CCC)c2ccc3ccccc3c21. The number of rotatable bonds is 4. The van der Waals surface area contributed by atoms with E-state index in [0.717, 1.165) is 56.6 Å². The van der Waals surface area contributed by atoms with Crippen LogP contribution in [0.15, 0.2) is 72.8 Å². The smallest absolute Gasteiger partial charge is 0.116 e. The van der Waals surface area contributed by atoms with Gasteiger partial charge in [0.25, 0.3) is 0 Å². The standard InChI is InChI=1S/C28H28O2/c1-3-17-27(29)23-15-13-20-10-6-8-12-22(20)26(23)28(30,18-4-2)24-16-14-19-9-5-7-11-21(19)25(24)27/h5-16,29-30H,3-4,17-18H2,1-2H3. The molecule has 2 unspecified atom stereocenters. The van der Waals surface area contributed by atoms with Crippen LogP contribution in [0.3, 0.4) is 0 Å². The molecule has 0 amide bonds. The van der Waals surface area contributed by atoms with E-state index in [9.17, 15) is 10.2 Å². The zero-order valence-corrected chi connectivity index (χ0v) is 17.7. The van der Waals surface area contributed by atoms with Gasteiger partial charge >= 0.3 is 0 Å². The molecule has 0 saturated carbocycles. The molecule has 2 atom stereocenters. The average molecular weight is 397 g/mol. The highest BCUT2D eigenvalue weighted by Gasteiger charge is 2.49. The molecule has 0 spiro atoms. The highest BCUT2D eigenvalue weighted by molar-refractivity contribution is 5.94. The van der Waals surface area contributed by atoms with E-state index in [1.165, 1.54) is 0 Å². The Bertz CT molecular complexity index is 1160. The molecule has 0 radical (unpaired) electrons. The van der Waals surface area contributed by atoms with Gasteiger partial charge in [-0.1, -0.05) is 99.5 Å². The fraction of sp³-hybridized carbons (Fsp3) is 0.286. The second-order valence-corrected chi connectivity index (χ2v) is 8.64. The summed E-state index contributed by atoms with van der Waals surface area (Å²) in [5.41, 5.74) is 1.18. The lowest BCUT2D eigenvalue weighted by molar-refractivity contribution is 0.0226. The van der Waals surface area contributed by atoms with E-state index in [2.05, 4.69) is 50.2 Å². The van der Waals surface area contributed by atoms with E-state index in [1.807, 2.05) is 36.4 Å². The first kappa shape index (κ1) is 19.3. The molecule has 0 saturated heterocycles. The number of benzene rings is 4. The lowest BCUT2D eigenvalue weighted by Crippen LogP contribution is -2.43. The minimum atomic E-state index is -1.13. The largest absolute Gasteiger partial charge is 0.380 e. The van der Waals surface area contributed by atoms with Gasteiger partial charge in [-0.2, -0.15) is 0 Å². The molecular formula is C28H28O2. The van der Waals surface area contributed by atoms with E-state index in [1.54, 1.807) is 0 Å². The summed E-state index contributed by atoms with van der Waals surface area (Å²) in [6, 6.07) is 24.6.